The van der Waals surface area contributed by atoms with E-state index < -0.39 is 36.2 Å². The fraction of sp³-hybridized carbons (Fsp3) is 0.294. The summed E-state index contributed by atoms with van der Waals surface area (Å²) < 4.78 is 58.2. The topological polar surface area (TPSA) is 59.4 Å². The second-order valence-electron chi connectivity index (χ2n) is 5.70. The van der Waals surface area contributed by atoms with E-state index in [2.05, 4.69) is 4.98 Å². The molecule has 1 aromatic heterocycles. The number of carboxylic acid groups (broad SMARTS) is 1. The minimum atomic E-state index is -4.64. The first-order chi connectivity index (χ1) is 12.0. The number of nitrogens with zero attached hydrogens (tertiary/aromatic N) is 1. The Labute approximate surface area is 151 Å². The SMILES string of the molecule is CC(C)Oc1c(CC(=O)O)cc(Cl)c(F)c1-c1ccc(C(F)(F)F)nc1. The molecule has 0 aliphatic heterocycles. The maximum Gasteiger partial charge on any atom is 0.433 e. The molecule has 0 aliphatic rings. The molecule has 0 bridgehead atoms. The molecule has 140 valence electrons. The van der Waals surface area contributed by atoms with Gasteiger partial charge >= 0.3 is 12.1 Å². The van der Waals surface area contributed by atoms with Gasteiger partial charge in [-0.25, -0.2) is 4.39 Å². The van der Waals surface area contributed by atoms with Crippen molar-refractivity contribution in [2.45, 2.75) is 32.5 Å². The maximum absolute atomic E-state index is 14.6. The molecule has 0 saturated carbocycles. The number of aromatic nitrogens is 1. The third-order valence-corrected chi connectivity index (χ3v) is 3.56. The van der Waals surface area contributed by atoms with E-state index in [0.29, 0.717) is 6.07 Å². The summed E-state index contributed by atoms with van der Waals surface area (Å²) in [5, 5.41) is 8.68. The lowest BCUT2D eigenvalue weighted by atomic mass is 9.99. The van der Waals surface area contributed by atoms with Crippen molar-refractivity contribution in [3.63, 3.8) is 0 Å². The summed E-state index contributed by atoms with van der Waals surface area (Å²) in [6.45, 7) is 3.29. The van der Waals surface area contributed by atoms with Gasteiger partial charge in [0.2, 0.25) is 0 Å². The molecule has 1 aromatic carbocycles. The van der Waals surface area contributed by atoms with E-state index in [4.69, 9.17) is 21.4 Å². The summed E-state index contributed by atoms with van der Waals surface area (Å²) in [6.07, 6.45) is -4.74. The first-order valence-corrected chi connectivity index (χ1v) is 7.81. The van der Waals surface area contributed by atoms with E-state index in [1.165, 1.54) is 0 Å². The number of rotatable bonds is 5. The first kappa shape index (κ1) is 20.0. The van der Waals surface area contributed by atoms with Crippen LogP contribution < -0.4 is 4.74 Å². The van der Waals surface area contributed by atoms with Crippen molar-refractivity contribution in [1.82, 2.24) is 4.98 Å². The van der Waals surface area contributed by atoms with E-state index in [9.17, 15) is 22.4 Å². The van der Waals surface area contributed by atoms with Crippen LogP contribution in [0.2, 0.25) is 5.02 Å². The Morgan fingerprint density at radius 1 is 1.35 bits per heavy atom. The molecule has 0 fully saturated rings. The second kappa shape index (κ2) is 7.49. The number of carboxylic acids is 1. The predicted octanol–water partition coefficient (Wildman–Crippen LogP) is 4.97. The monoisotopic (exact) mass is 391 g/mol. The zero-order chi connectivity index (χ0) is 19.6. The Bertz CT molecular complexity index is 820. The van der Waals surface area contributed by atoms with E-state index in [0.717, 1.165) is 18.3 Å². The molecular weight excluding hydrogens is 378 g/mol. The van der Waals surface area contributed by atoms with Gasteiger partial charge in [-0.2, -0.15) is 13.2 Å². The molecule has 0 aliphatic carbocycles. The Hall–Kier alpha value is -2.35. The Morgan fingerprint density at radius 2 is 2.00 bits per heavy atom. The average molecular weight is 392 g/mol. The number of alkyl halides is 3. The van der Waals surface area contributed by atoms with Crippen LogP contribution in [0, 0.1) is 5.82 Å². The molecule has 0 radical (unpaired) electrons. The van der Waals surface area contributed by atoms with Crippen molar-refractivity contribution in [2.75, 3.05) is 0 Å². The Balaban J connectivity index is 2.68. The van der Waals surface area contributed by atoms with E-state index in [-0.39, 0.29) is 27.5 Å². The molecule has 1 N–H and O–H groups in total. The van der Waals surface area contributed by atoms with Crippen molar-refractivity contribution < 1.29 is 32.2 Å². The lowest BCUT2D eigenvalue weighted by Gasteiger charge is -2.19. The molecule has 0 spiro atoms. The van der Waals surface area contributed by atoms with Crippen LogP contribution in [0.5, 0.6) is 5.75 Å². The van der Waals surface area contributed by atoms with Gasteiger partial charge in [0.25, 0.3) is 0 Å². The smallest absolute Gasteiger partial charge is 0.433 e. The van der Waals surface area contributed by atoms with Crippen LogP contribution in [-0.2, 0) is 17.4 Å². The molecule has 0 atom stereocenters. The van der Waals surface area contributed by atoms with Gasteiger partial charge in [-0.05, 0) is 26.0 Å². The quantitative estimate of drug-likeness (QED) is 0.731. The first-order valence-electron chi connectivity index (χ1n) is 7.43. The molecule has 0 amide bonds. The highest BCUT2D eigenvalue weighted by molar-refractivity contribution is 6.31. The highest BCUT2D eigenvalue weighted by Gasteiger charge is 2.32. The normalized spacial score (nSPS) is 11.7. The number of halogens is 5. The molecular formula is C17H14ClF4NO3. The van der Waals surface area contributed by atoms with Crippen molar-refractivity contribution in [1.29, 1.82) is 0 Å². The van der Waals surface area contributed by atoms with Crippen LogP contribution in [0.4, 0.5) is 17.6 Å². The lowest BCUT2D eigenvalue weighted by molar-refractivity contribution is -0.141. The minimum absolute atomic E-state index is 0.0136. The van der Waals surface area contributed by atoms with Gasteiger partial charge in [0.1, 0.15) is 11.4 Å². The van der Waals surface area contributed by atoms with Gasteiger partial charge in [0.15, 0.2) is 5.82 Å². The third kappa shape index (κ3) is 4.43. The highest BCUT2D eigenvalue weighted by Crippen LogP contribution is 2.40. The van der Waals surface area contributed by atoms with Gasteiger partial charge in [0, 0.05) is 17.3 Å². The van der Waals surface area contributed by atoms with Crippen molar-refractivity contribution in [3.8, 4) is 16.9 Å². The van der Waals surface area contributed by atoms with Crippen molar-refractivity contribution in [2.24, 2.45) is 0 Å². The van der Waals surface area contributed by atoms with Crippen LogP contribution in [0.3, 0.4) is 0 Å². The van der Waals surface area contributed by atoms with Crippen LogP contribution in [0.15, 0.2) is 24.4 Å². The molecule has 0 unspecified atom stereocenters. The zero-order valence-electron chi connectivity index (χ0n) is 13.7. The Kier molecular flexibility index (Phi) is 5.75. The average Bonchev–Trinajstić information content (AvgIpc) is 2.51. The predicted molar refractivity (Wildman–Crippen MR) is 86.7 cm³/mol. The maximum atomic E-state index is 14.6. The summed E-state index contributed by atoms with van der Waals surface area (Å²) in [7, 11) is 0. The summed E-state index contributed by atoms with van der Waals surface area (Å²) in [4.78, 5) is 14.4. The van der Waals surface area contributed by atoms with Gasteiger partial charge < -0.3 is 9.84 Å². The van der Waals surface area contributed by atoms with E-state index in [1.54, 1.807) is 13.8 Å². The third-order valence-electron chi connectivity index (χ3n) is 3.29. The molecule has 0 saturated heterocycles. The van der Waals surface area contributed by atoms with Crippen LogP contribution in [0.25, 0.3) is 11.1 Å². The zero-order valence-corrected chi connectivity index (χ0v) is 14.5. The molecule has 2 aromatic rings. The molecule has 4 nitrogen and oxygen atoms in total. The Morgan fingerprint density at radius 3 is 2.46 bits per heavy atom. The van der Waals surface area contributed by atoms with Gasteiger partial charge in [-0.3, -0.25) is 9.78 Å². The van der Waals surface area contributed by atoms with Gasteiger partial charge in [0.05, 0.1) is 23.1 Å². The largest absolute Gasteiger partial charge is 0.490 e. The molecule has 1 heterocycles. The summed E-state index contributed by atoms with van der Waals surface area (Å²) in [6, 6.07) is 2.86. The van der Waals surface area contributed by atoms with Crippen LogP contribution >= 0.6 is 11.6 Å². The second-order valence-corrected chi connectivity index (χ2v) is 6.11. The number of hydrogen-bond acceptors (Lipinski definition) is 3. The summed E-state index contributed by atoms with van der Waals surface area (Å²) >= 11 is 5.84. The van der Waals surface area contributed by atoms with Crippen LogP contribution in [0.1, 0.15) is 25.1 Å². The lowest BCUT2D eigenvalue weighted by Crippen LogP contribution is -2.12. The number of aliphatic carboxylic acids is 1. The van der Waals surface area contributed by atoms with Gasteiger partial charge in [-0.1, -0.05) is 17.7 Å². The highest BCUT2D eigenvalue weighted by atomic mass is 35.5. The number of pyridine rings is 1. The standard InChI is InChI=1S/C17H14ClF4NO3/c1-8(2)26-16-10(6-13(24)25)5-11(18)15(19)14(16)9-3-4-12(23-7-9)17(20,21)22/h3-5,7-8H,6H2,1-2H3,(H,24,25). The number of hydrogen-bond donors (Lipinski definition) is 1. The fourth-order valence-electron chi connectivity index (χ4n) is 2.29. The molecule has 2 rings (SSSR count). The van der Waals surface area contributed by atoms with Crippen LogP contribution in [-0.4, -0.2) is 22.2 Å². The number of ether oxygens (including phenoxy) is 1. The molecule has 26 heavy (non-hydrogen) atoms. The van der Waals surface area contributed by atoms with Crippen molar-refractivity contribution in [3.05, 3.63) is 46.5 Å². The van der Waals surface area contributed by atoms with Gasteiger partial charge in [-0.15, -0.1) is 0 Å². The number of carbonyl (C=O) groups is 1. The van der Waals surface area contributed by atoms with Crippen molar-refractivity contribution >= 4 is 17.6 Å². The molecule has 9 heteroatoms. The van der Waals surface area contributed by atoms with E-state index >= 15 is 0 Å². The summed E-state index contributed by atoms with van der Waals surface area (Å²) in [5.74, 6) is -2.22. The van der Waals surface area contributed by atoms with E-state index in [1.807, 2.05) is 0 Å². The minimum Gasteiger partial charge on any atom is -0.490 e. The fourth-order valence-corrected chi connectivity index (χ4v) is 2.52. The number of benzene rings is 1. The summed E-state index contributed by atoms with van der Waals surface area (Å²) in [5.41, 5.74) is -1.28.